The summed E-state index contributed by atoms with van der Waals surface area (Å²) in [4.78, 5) is 26.6. The van der Waals surface area contributed by atoms with Crippen molar-refractivity contribution < 1.29 is 14.3 Å². The van der Waals surface area contributed by atoms with Crippen LogP contribution in [0.5, 0.6) is 0 Å². The van der Waals surface area contributed by atoms with Crippen LogP contribution in [0.4, 0.5) is 4.79 Å². The van der Waals surface area contributed by atoms with Gasteiger partial charge in [0, 0.05) is 26.2 Å². The van der Waals surface area contributed by atoms with Crippen LogP contribution in [0.15, 0.2) is 0 Å². The summed E-state index contributed by atoms with van der Waals surface area (Å²) in [6, 6.07) is 0. The van der Waals surface area contributed by atoms with Crippen LogP contribution in [0.3, 0.4) is 0 Å². The van der Waals surface area contributed by atoms with Gasteiger partial charge in [-0.05, 0) is 12.3 Å². The molecule has 0 atom stereocenters. The highest BCUT2D eigenvalue weighted by molar-refractivity contribution is 6.27. The monoisotopic (exact) mass is 276 g/mol. The molecule has 0 bridgehead atoms. The minimum absolute atomic E-state index is 0.00219. The van der Waals surface area contributed by atoms with Crippen LogP contribution in [0.25, 0.3) is 0 Å². The van der Waals surface area contributed by atoms with E-state index in [9.17, 15) is 9.59 Å². The first-order valence-corrected chi connectivity index (χ1v) is 6.83. The maximum atomic E-state index is 11.8. The number of carbonyl (C=O) groups excluding carboxylic acids is 2. The SMILES string of the molecule is CC(C)COC(=O)N1CCCN(C(=O)CCl)CC1. The van der Waals surface area contributed by atoms with E-state index in [-0.39, 0.29) is 17.9 Å². The molecule has 1 aliphatic rings. The molecule has 1 aliphatic heterocycles. The summed E-state index contributed by atoms with van der Waals surface area (Å²) in [6.07, 6.45) is 0.475. The third-order valence-electron chi connectivity index (χ3n) is 2.76. The average Bonchev–Trinajstić information content (AvgIpc) is 2.60. The highest BCUT2D eigenvalue weighted by atomic mass is 35.5. The molecule has 0 aromatic heterocycles. The smallest absolute Gasteiger partial charge is 0.409 e. The van der Waals surface area contributed by atoms with Crippen molar-refractivity contribution >= 4 is 23.6 Å². The lowest BCUT2D eigenvalue weighted by atomic mass is 10.2. The zero-order valence-corrected chi connectivity index (χ0v) is 11.8. The molecule has 5 nitrogen and oxygen atoms in total. The molecule has 0 saturated carbocycles. The van der Waals surface area contributed by atoms with Crippen LogP contribution >= 0.6 is 11.6 Å². The molecule has 0 N–H and O–H groups in total. The second-order valence-electron chi connectivity index (χ2n) is 4.83. The highest BCUT2D eigenvalue weighted by Gasteiger charge is 2.22. The molecule has 18 heavy (non-hydrogen) atoms. The standard InChI is InChI=1S/C12H21ClN2O3/c1-10(2)9-18-12(17)15-5-3-4-14(6-7-15)11(16)8-13/h10H,3-9H2,1-2H3. The quantitative estimate of drug-likeness (QED) is 0.735. The molecule has 1 heterocycles. The molecule has 0 aliphatic carbocycles. The Hall–Kier alpha value is -0.970. The highest BCUT2D eigenvalue weighted by Crippen LogP contribution is 2.06. The van der Waals surface area contributed by atoms with E-state index >= 15 is 0 Å². The van der Waals surface area contributed by atoms with Gasteiger partial charge in [0.25, 0.3) is 0 Å². The first-order chi connectivity index (χ1) is 8.54. The van der Waals surface area contributed by atoms with Crippen LogP contribution in [0.1, 0.15) is 20.3 Å². The summed E-state index contributed by atoms with van der Waals surface area (Å²) in [6.45, 7) is 6.75. The van der Waals surface area contributed by atoms with Gasteiger partial charge in [-0.25, -0.2) is 4.79 Å². The van der Waals surface area contributed by atoms with Gasteiger partial charge in [0.1, 0.15) is 5.88 Å². The molecule has 0 aromatic rings. The third-order valence-corrected chi connectivity index (χ3v) is 2.99. The summed E-state index contributed by atoms with van der Waals surface area (Å²) in [5.74, 6) is 0.252. The molecule has 1 saturated heterocycles. The maximum Gasteiger partial charge on any atom is 0.409 e. The largest absolute Gasteiger partial charge is 0.449 e. The number of halogens is 1. The molecular weight excluding hydrogens is 256 g/mol. The van der Waals surface area contributed by atoms with E-state index in [0.717, 1.165) is 6.42 Å². The molecule has 0 unspecified atom stereocenters. The Morgan fingerprint density at radius 2 is 1.78 bits per heavy atom. The zero-order valence-electron chi connectivity index (χ0n) is 11.0. The Morgan fingerprint density at radius 1 is 1.17 bits per heavy atom. The Morgan fingerprint density at radius 3 is 2.39 bits per heavy atom. The van der Waals surface area contributed by atoms with Crippen molar-refractivity contribution in [2.75, 3.05) is 38.7 Å². The van der Waals surface area contributed by atoms with Crippen LogP contribution in [-0.2, 0) is 9.53 Å². The lowest BCUT2D eigenvalue weighted by Gasteiger charge is -2.21. The number of ether oxygens (including phenoxy) is 1. The summed E-state index contributed by atoms with van der Waals surface area (Å²) in [7, 11) is 0. The summed E-state index contributed by atoms with van der Waals surface area (Å²) >= 11 is 5.53. The Labute approximate surface area is 113 Å². The molecular formula is C12H21ClN2O3. The normalized spacial score (nSPS) is 16.7. The van der Waals surface area contributed by atoms with Crippen molar-refractivity contribution in [1.82, 2.24) is 9.80 Å². The summed E-state index contributed by atoms with van der Waals surface area (Å²) < 4.78 is 5.18. The Balaban J connectivity index is 2.41. The fraction of sp³-hybridized carbons (Fsp3) is 0.833. The van der Waals surface area contributed by atoms with Crippen LogP contribution in [-0.4, -0.2) is 60.5 Å². The molecule has 0 aromatic carbocycles. The number of nitrogens with zero attached hydrogens (tertiary/aromatic N) is 2. The fourth-order valence-corrected chi connectivity index (χ4v) is 1.93. The van der Waals surface area contributed by atoms with Gasteiger partial charge in [-0.2, -0.15) is 0 Å². The van der Waals surface area contributed by atoms with Gasteiger partial charge < -0.3 is 14.5 Å². The van der Waals surface area contributed by atoms with E-state index in [1.807, 2.05) is 13.8 Å². The molecule has 1 rings (SSSR count). The maximum absolute atomic E-state index is 11.8. The molecule has 0 radical (unpaired) electrons. The average molecular weight is 277 g/mol. The predicted octanol–water partition coefficient (Wildman–Crippen LogP) is 1.55. The molecule has 6 heteroatoms. The lowest BCUT2D eigenvalue weighted by molar-refractivity contribution is -0.128. The third kappa shape index (κ3) is 4.72. The van der Waals surface area contributed by atoms with E-state index in [1.165, 1.54) is 0 Å². The van der Waals surface area contributed by atoms with E-state index < -0.39 is 0 Å². The van der Waals surface area contributed by atoms with Gasteiger partial charge in [0.15, 0.2) is 0 Å². The number of amides is 2. The van der Waals surface area contributed by atoms with E-state index in [1.54, 1.807) is 9.80 Å². The van der Waals surface area contributed by atoms with Gasteiger partial charge in [0.2, 0.25) is 5.91 Å². The lowest BCUT2D eigenvalue weighted by Crippen LogP contribution is -2.38. The van der Waals surface area contributed by atoms with Crippen molar-refractivity contribution in [3.63, 3.8) is 0 Å². The van der Waals surface area contributed by atoms with Gasteiger partial charge in [-0.1, -0.05) is 13.8 Å². The van der Waals surface area contributed by atoms with Gasteiger partial charge in [0.05, 0.1) is 6.61 Å². The van der Waals surface area contributed by atoms with Crippen LogP contribution in [0, 0.1) is 5.92 Å². The first kappa shape index (κ1) is 15.1. The van der Waals surface area contributed by atoms with Crippen LogP contribution in [0.2, 0.25) is 0 Å². The predicted molar refractivity (Wildman–Crippen MR) is 69.7 cm³/mol. The number of alkyl halides is 1. The van der Waals surface area contributed by atoms with Gasteiger partial charge >= 0.3 is 6.09 Å². The zero-order chi connectivity index (χ0) is 13.5. The Bertz CT molecular complexity index is 297. The first-order valence-electron chi connectivity index (χ1n) is 6.30. The number of hydrogen-bond acceptors (Lipinski definition) is 3. The Kier molecular flexibility index (Phi) is 6.25. The number of rotatable bonds is 3. The van der Waals surface area contributed by atoms with Crippen molar-refractivity contribution in [3.05, 3.63) is 0 Å². The summed E-state index contributed by atoms with van der Waals surface area (Å²) in [5.41, 5.74) is 0. The number of carbonyl (C=O) groups is 2. The van der Waals surface area contributed by atoms with Crippen molar-refractivity contribution in [2.24, 2.45) is 5.92 Å². The van der Waals surface area contributed by atoms with Crippen molar-refractivity contribution in [2.45, 2.75) is 20.3 Å². The molecule has 2 amide bonds. The topological polar surface area (TPSA) is 49.9 Å². The molecule has 1 fully saturated rings. The van der Waals surface area contributed by atoms with Crippen molar-refractivity contribution in [1.29, 1.82) is 0 Å². The van der Waals surface area contributed by atoms with Gasteiger partial charge in [-0.15, -0.1) is 11.6 Å². The summed E-state index contributed by atoms with van der Waals surface area (Å²) in [5, 5.41) is 0. The van der Waals surface area contributed by atoms with Gasteiger partial charge in [-0.3, -0.25) is 4.79 Å². The second-order valence-corrected chi connectivity index (χ2v) is 5.09. The number of hydrogen-bond donors (Lipinski definition) is 0. The van der Waals surface area contributed by atoms with Crippen molar-refractivity contribution in [3.8, 4) is 0 Å². The molecule has 104 valence electrons. The minimum Gasteiger partial charge on any atom is -0.449 e. The fourth-order valence-electron chi connectivity index (χ4n) is 1.76. The second kappa shape index (κ2) is 7.46. The van der Waals surface area contributed by atoms with E-state index in [4.69, 9.17) is 16.3 Å². The molecule has 0 spiro atoms. The van der Waals surface area contributed by atoms with Crippen LogP contribution < -0.4 is 0 Å². The van der Waals surface area contributed by atoms with E-state index in [2.05, 4.69) is 0 Å². The van der Waals surface area contributed by atoms with E-state index in [0.29, 0.717) is 38.7 Å². The minimum atomic E-state index is -0.288.